The molecule has 2 N–H and O–H groups in total. The van der Waals surface area contributed by atoms with Gasteiger partial charge in [0.25, 0.3) is 0 Å². The molecular formula is C21H25N5O3. The van der Waals surface area contributed by atoms with Crippen LogP contribution in [0.25, 0.3) is 11.3 Å². The van der Waals surface area contributed by atoms with Gasteiger partial charge < -0.3 is 9.84 Å². The van der Waals surface area contributed by atoms with Crippen molar-refractivity contribution in [2.75, 3.05) is 19.8 Å². The zero-order valence-electron chi connectivity index (χ0n) is 16.5. The topological polar surface area (TPSA) is 96.3 Å². The molecule has 3 heterocycles. The number of aromatic amines is 1. The minimum absolute atomic E-state index is 0.0183. The van der Waals surface area contributed by atoms with Gasteiger partial charge in [-0.15, -0.1) is 0 Å². The second kappa shape index (κ2) is 8.59. The number of aliphatic hydroxyl groups is 1. The molecule has 152 valence electrons. The van der Waals surface area contributed by atoms with Crippen LogP contribution in [0.15, 0.2) is 36.5 Å². The van der Waals surface area contributed by atoms with Gasteiger partial charge in [0.2, 0.25) is 0 Å². The van der Waals surface area contributed by atoms with Gasteiger partial charge in [-0.1, -0.05) is 30.3 Å². The summed E-state index contributed by atoms with van der Waals surface area (Å²) in [6.45, 7) is 4.61. The summed E-state index contributed by atoms with van der Waals surface area (Å²) >= 11 is 0. The van der Waals surface area contributed by atoms with Crippen molar-refractivity contribution in [1.29, 1.82) is 0 Å². The number of H-pyrrole nitrogens is 1. The van der Waals surface area contributed by atoms with Crippen LogP contribution in [-0.2, 0) is 30.8 Å². The first-order valence-electron chi connectivity index (χ1n) is 9.87. The molecule has 0 spiro atoms. The molecule has 2 aromatic heterocycles. The number of carbonyl (C=O) groups excluding carboxylic acids is 1. The summed E-state index contributed by atoms with van der Waals surface area (Å²) in [5.41, 5.74) is 5.48. The Morgan fingerprint density at radius 1 is 1.31 bits per heavy atom. The second-order valence-corrected chi connectivity index (χ2v) is 7.04. The number of nitrogens with one attached hydrogen (secondary N) is 1. The van der Waals surface area contributed by atoms with Gasteiger partial charge in [0.15, 0.2) is 5.69 Å². The first-order chi connectivity index (χ1) is 14.2. The molecule has 1 aliphatic heterocycles. The predicted octanol–water partition coefficient (Wildman–Crippen LogP) is 2.00. The van der Waals surface area contributed by atoms with Crippen molar-refractivity contribution in [3.05, 3.63) is 59.0 Å². The number of aromatic nitrogens is 4. The van der Waals surface area contributed by atoms with Crippen LogP contribution in [0, 0.1) is 0 Å². The lowest BCUT2D eigenvalue weighted by Gasteiger charge is -2.27. The van der Waals surface area contributed by atoms with Gasteiger partial charge in [-0.25, -0.2) is 4.79 Å². The van der Waals surface area contributed by atoms with E-state index in [0.717, 1.165) is 41.0 Å². The van der Waals surface area contributed by atoms with E-state index < -0.39 is 5.97 Å². The summed E-state index contributed by atoms with van der Waals surface area (Å²) in [7, 11) is 0. The number of carbonyl (C=O) groups is 1. The molecule has 0 atom stereocenters. The summed E-state index contributed by atoms with van der Waals surface area (Å²) in [6, 6.07) is 10.1. The predicted molar refractivity (Wildman–Crippen MR) is 107 cm³/mol. The summed E-state index contributed by atoms with van der Waals surface area (Å²) < 4.78 is 6.94. The van der Waals surface area contributed by atoms with Gasteiger partial charge >= 0.3 is 5.97 Å². The van der Waals surface area contributed by atoms with Crippen LogP contribution in [0.2, 0.25) is 0 Å². The SMILES string of the molecule is CCOC(=O)c1nn(CCO)c2c1CN(Cc1cn[nH]c1-c1ccccc1)CC2. The smallest absolute Gasteiger partial charge is 0.359 e. The molecule has 29 heavy (non-hydrogen) atoms. The lowest BCUT2D eigenvalue weighted by molar-refractivity contribution is 0.0515. The maximum Gasteiger partial charge on any atom is 0.359 e. The molecular weight excluding hydrogens is 370 g/mol. The van der Waals surface area contributed by atoms with E-state index in [4.69, 9.17) is 4.74 Å². The number of ether oxygens (including phenoxy) is 1. The van der Waals surface area contributed by atoms with Gasteiger partial charge in [0, 0.05) is 42.9 Å². The minimum Gasteiger partial charge on any atom is -0.461 e. The second-order valence-electron chi connectivity index (χ2n) is 7.04. The molecule has 1 aromatic carbocycles. The van der Waals surface area contributed by atoms with E-state index in [1.807, 2.05) is 24.4 Å². The highest BCUT2D eigenvalue weighted by molar-refractivity contribution is 5.89. The van der Waals surface area contributed by atoms with Crippen LogP contribution in [-0.4, -0.2) is 55.7 Å². The molecule has 1 aliphatic rings. The van der Waals surface area contributed by atoms with Crippen molar-refractivity contribution >= 4 is 5.97 Å². The molecule has 3 aromatic rings. The van der Waals surface area contributed by atoms with Gasteiger partial charge in [0.1, 0.15) is 0 Å². The van der Waals surface area contributed by atoms with Crippen LogP contribution < -0.4 is 0 Å². The van der Waals surface area contributed by atoms with E-state index in [-0.39, 0.29) is 6.61 Å². The molecule has 0 fully saturated rings. The standard InChI is InChI=1S/C21H25N5O3/c1-2-29-21(28)20-17-14-25(9-8-18(17)26(24-20)10-11-27)13-16-12-22-23-19(16)15-6-4-3-5-7-15/h3-7,12,27H,2,8-11,13-14H2,1H3,(H,22,23). The molecule has 0 amide bonds. The quantitative estimate of drug-likeness (QED) is 0.594. The van der Waals surface area contributed by atoms with Crippen molar-refractivity contribution in [2.45, 2.75) is 33.0 Å². The van der Waals surface area contributed by atoms with Crippen LogP contribution >= 0.6 is 0 Å². The summed E-state index contributed by atoms with van der Waals surface area (Å²) in [6.07, 6.45) is 2.62. The normalized spacial score (nSPS) is 14.0. The number of esters is 1. The van der Waals surface area contributed by atoms with Gasteiger partial charge in [0.05, 0.1) is 31.6 Å². The van der Waals surface area contributed by atoms with Gasteiger partial charge in [-0.3, -0.25) is 14.7 Å². The van der Waals surface area contributed by atoms with Crippen molar-refractivity contribution in [3.8, 4) is 11.3 Å². The third-order valence-electron chi connectivity index (χ3n) is 5.17. The molecule has 0 saturated carbocycles. The van der Waals surface area contributed by atoms with E-state index in [9.17, 15) is 9.90 Å². The Labute approximate surface area is 169 Å². The highest BCUT2D eigenvalue weighted by Crippen LogP contribution is 2.27. The van der Waals surface area contributed by atoms with E-state index in [2.05, 4.69) is 32.3 Å². The molecule has 0 radical (unpaired) electrons. The highest BCUT2D eigenvalue weighted by Gasteiger charge is 2.29. The maximum absolute atomic E-state index is 12.4. The molecule has 8 heteroatoms. The zero-order valence-corrected chi connectivity index (χ0v) is 16.5. The van der Waals surface area contributed by atoms with Crippen LogP contribution in [0.3, 0.4) is 0 Å². The van der Waals surface area contributed by atoms with Gasteiger partial charge in [-0.2, -0.15) is 10.2 Å². The van der Waals surface area contributed by atoms with Crippen LogP contribution in [0.5, 0.6) is 0 Å². The number of aliphatic hydroxyl groups excluding tert-OH is 1. The third-order valence-corrected chi connectivity index (χ3v) is 5.17. The van der Waals surface area contributed by atoms with Crippen LogP contribution in [0.1, 0.15) is 34.2 Å². The van der Waals surface area contributed by atoms with Gasteiger partial charge in [-0.05, 0) is 12.5 Å². The molecule has 0 saturated heterocycles. The first kappa shape index (κ1) is 19.4. The fraction of sp³-hybridized carbons (Fsp3) is 0.381. The summed E-state index contributed by atoms with van der Waals surface area (Å²) in [4.78, 5) is 14.7. The summed E-state index contributed by atoms with van der Waals surface area (Å²) in [5, 5.41) is 21.1. The molecule has 8 nitrogen and oxygen atoms in total. The largest absolute Gasteiger partial charge is 0.461 e. The Morgan fingerprint density at radius 2 is 2.14 bits per heavy atom. The number of fused-ring (bicyclic) bond motifs is 1. The molecule has 0 aliphatic carbocycles. The number of nitrogens with zero attached hydrogens (tertiary/aromatic N) is 4. The van der Waals surface area contributed by atoms with Crippen LogP contribution in [0.4, 0.5) is 0 Å². The molecule has 0 unspecified atom stereocenters. The van der Waals surface area contributed by atoms with E-state index in [0.29, 0.717) is 31.9 Å². The maximum atomic E-state index is 12.4. The third kappa shape index (κ3) is 3.94. The fourth-order valence-corrected chi connectivity index (χ4v) is 3.85. The van der Waals surface area contributed by atoms with E-state index in [1.54, 1.807) is 11.6 Å². The number of benzene rings is 1. The van der Waals surface area contributed by atoms with Crippen molar-refractivity contribution in [1.82, 2.24) is 24.9 Å². The summed E-state index contributed by atoms with van der Waals surface area (Å²) in [5.74, 6) is -0.407. The number of hydrogen-bond donors (Lipinski definition) is 2. The Hall–Kier alpha value is -2.97. The fourth-order valence-electron chi connectivity index (χ4n) is 3.85. The Morgan fingerprint density at radius 3 is 2.90 bits per heavy atom. The Balaban J connectivity index is 1.58. The zero-order chi connectivity index (χ0) is 20.2. The van der Waals surface area contributed by atoms with Crippen molar-refractivity contribution in [3.63, 3.8) is 0 Å². The lowest BCUT2D eigenvalue weighted by atomic mass is 10.0. The first-order valence-corrected chi connectivity index (χ1v) is 9.87. The Bertz CT molecular complexity index is 980. The van der Waals surface area contributed by atoms with E-state index >= 15 is 0 Å². The van der Waals surface area contributed by atoms with Crippen molar-refractivity contribution < 1.29 is 14.6 Å². The lowest BCUT2D eigenvalue weighted by Crippen LogP contribution is -2.31. The van der Waals surface area contributed by atoms with E-state index in [1.165, 1.54) is 0 Å². The molecule has 4 rings (SSSR count). The number of hydrogen-bond acceptors (Lipinski definition) is 6. The highest BCUT2D eigenvalue weighted by atomic mass is 16.5. The molecule has 0 bridgehead atoms. The average molecular weight is 395 g/mol. The minimum atomic E-state index is -0.407. The average Bonchev–Trinajstić information content (AvgIpc) is 3.34. The Kier molecular flexibility index (Phi) is 5.73. The monoisotopic (exact) mass is 395 g/mol. The van der Waals surface area contributed by atoms with Crippen molar-refractivity contribution in [2.24, 2.45) is 0 Å². The number of rotatable bonds is 7.